The zero-order valence-corrected chi connectivity index (χ0v) is 9.95. The molecule has 0 fully saturated rings. The number of Topliss-reactive ketones (excluding diaryl/α,β-unsaturated/α-hetero) is 1. The van der Waals surface area contributed by atoms with E-state index in [0.717, 1.165) is 21.7 Å². The van der Waals surface area contributed by atoms with E-state index in [0.29, 0.717) is 6.42 Å². The van der Waals surface area contributed by atoms with Crippen molar-refractivity contribution in [3.8, 4) is 0 Å². The molecule has 0 heterocycles. The Balaban J connectivity index is 2.10. The second-order valence-corrected chi connectivity index (χ2v) is 4.76. The molecule has 0 aromatic heterocycles. The van der Waals surface area contributed by atoms with Crippen molar-refractivity contribution in [2.75, 3.05) is 0 Å². The summed E-state index contributed by atoms with van der Waals surface area (Å²) in [5.74, 6) is 0.392. The normalized spacial score (nSPS) is 18.2. The smallest absolute Gasteiger partial charge is 0.164 e. The van der Waals surface area contributed by atoms with E-state index in [1.54, 1.807) is 0 Å². The lowest BCUT2D eigenvalue weighted by Crippen LogP contribution is -1.96. The molecule has 1 nitrogen and oxygen atoms in total. The van der Waals surface area contributed by atoms with Crippen molar-refractivity contribution >= 4 is 17.4 Å². The van der Waals surface area contributed by atoms with Crippen LogP contribution in [0.3, 0.4) is 0 Å². The lowest BCUT2D eigenvalue weighted by atomic mass is 9.93. The van der Waals surface area contributed by atoms with Crippen LogP contribution in [0.15, 0.2) is 48.5 Å². The number of benzene rings is 2. The fraction of sp³-hybridized carbons (Fsp3) is 0.133. The van der Waals surface area contributed by atoms with Gasteiger partial charge in [0.2, 0.25) is 0 Å². The third kappa shape index (κ3) is 1.77. The van der Waals surface area contributed by atoms with Crippen LogP contribution in [0.25, 0.3) is 0 Å². The van der Waals surface area contributed by atoms with Gasteiger partial charge >= 0.3 is 0 Å². The van der Waals surface area contributed by atoms with E-state index >= 15 is 0 Å². The number of hydrogen-bond donors (Lipinski definition) is 0. The van der Waals surface area contributed by atoms with Crippen molar-refractivity contribution in [1.29, 1.82) is 0 Å². The highest BCUT2D eigenvalue weighted by atomic mass is 35.5. The molecule has 1 atom stereocenters. The van der Waals surface area contributed by atoms with E-state index in [1.807, 2.05) is 48.5 Å². The van der Waals surface area contributed by atoms with Crippen molar-refractivity contribution in [3.63, 3.8) is 0 Å². The van der Waals surface area contributed by atoms with Gasteiger partial charge in [0.05, 0.1) is 0 Å². The molecule has 0 radical (unpaired) electrons. The fourth-order valence-corrected chi connectivity index (χ4v) is 2.68. The first kappa shape index (κ1) is 10.5. The lowest BCUT2D eigenvalue weighted by Gasteiger charge is -2.11. The second kappa shape index (κ2) is 4.01. The molecule has 0 aliphatic heterocycles. The number of rotatable bonds is 1. The molecule has 2 heteroatoms. The van der Waals surface area contributed by atoms with E-state index in [1.165, 1.54) is 0 Å². The van der Waals surface area contributed by atoms with E-state index in [-0.39, 0.29) is 11.7 Å². The Morgan fingerprint density at radius 3 is 2.71 bits per heavy atom. The summed E-state index contributed by atoms with van der Waals surface area (Å²) >= 11 is 6.00. The summed E-state index contributed by atoms with van der Waals surface area (Å²) in [4.78, 5) is 11.9. The molecule has 0 spiro atoms. The van der Waals surface area contributed by atoms with Crippen LogP contribution in [0.2, 0.25) is 5.02 Å². The molecule has 0 N–H and O–H groups in total. The lowest BCUT2D eigenvalue weighted by molar-refractivity contribution is 0.0991. The number of ketones is 1. The van der Waals surface area contributed by atoms with Gasteiger partial charge in [-0.05, 0) is 23.3 Å². The Labute approximate surface area is 105 Å². The third-order valence-electron chi connectivity index (χ3n) is 3.28. The van der Waals surface area contributed by atoms with Crippen LogP contribution in [0.5, 0.6) is 0 Å². The standard InChI is InChI=1S/C15H11ClO/c16-11-5-3-4-10(8-11)14-9-15(17)13-7-2-1-6-12(13)14/h1-8,14H,9H2. The van der Waals surface area contributed by atoms with Crippen LogP contribution in [-0.2, 0) is 0 Å². The van der Waals surface area contributed by atoms with Crippen molar-refractivity contribution < 1.29 is 4.79 Å². The number of halogens is 1. The Hall–Kier alpha value is -1.60. The van der Waals surface area contributed by atoms with Gasteiger partial charge in [-0.25, -0.2) is 0 Å². The number of carbonyl (C=O) groups excluding carboxylic acids is 1. The minimum absolute atomic E-state index is 0.164. The van der Waals surface area contributed by atoms with Crippen LogP contribution in [0.4, 0.5) is 0 Å². The van der Waals surface area contributed by atoms with Crippen molar-refractivity contribution in [3.05, 3.63) is 70.2 Å². The summed E-state index contributed by atoms with van der Waals surface area (Å²) in [5, 5.41) is 0.722. The van der Waals surface area contributed by atoms with E-state index < -0.39 is 0 Å². The quantitative estimate of drug-likeness (QED) is 0.737. The highest BCUT2D eigenvalue weighted by molar-refractivity contribution is 6.30. The minimum atomic E-state index is 0.164. The SMILES string of the molecule is O=C1CC(c2cccc(Cl)c2)c2ccccc21. The maximum Gasteiger partial charge on any atom is 0.164 e. The molecule has 2 aromatic carbocycles. The van der Waals surface area contributed by atoms with Gasteiger partial charge in [0.1, 0.15) is 0 Å². The molecule has 1 aliphatic carbocycles. The van der Waals surface area contributed by atoms with Crippen molar-refractivity contribution in [2.45, 2.75) is 12.3 Å². The molecule has 0 amide bonds. The zero-order chi connectivity index (χ0) is 11.8. The van der Waals surface area contributed by atoms with Crippen molar-refractivity contribution in [1.82, 2.24) is 0 Å². The first-order chi connectivity index (χ1) is 8.25. The minimum Gasteiger partial charge on any atom is -0.294 e. The monoisotopic (exact) mass is 242 g/mol. The van der Waals surface area contributed by atoms with Crippen LogP contribution in [0, 0.1) is 0 Å². The topological polar surface area (TPSA) is 17.1 Å². The molecule has 2 aromatic rings. The molecule has 1 aliphatic rings. The molecule has 0 saturated carbocycles. The summed E-state index contributed by atoms with van der Waals surface area (Å²) in [6, 6.07) is 15.6. The molecule has 17 heavy (non-hydrogen) atoms. The first-order valence-electron chi connectivity index (χ1n) is 5.63. The Morgan fingerprint density at radius 2 is 1.88 bits per heavy atom. The largest absolute Gasteiger partial charge is 0.294 e. The van der Waals surface area contributed by atoms with Gasteiger partial charge in [-0.1, -0.05) is 48.0 Å². The van der Waals surface area contributed by atoms with Gasteiger partial charge in [0, 0.05) is 22.9 Å². The predicted octanol–water partition coefficient (Wildman–Crippen LogP) is 4.06. The zero-order valence-electron chi connectivity index (χ0n) is 9.19. The summed E-state index contributed by atoms with van der Waals surface area (Å²) in [6.45, 7) is 0. The van der Waals surface area contributed by atoms with Crippen LogP contribution >= 0.6 is 11.6 Å². The van der Waals surface area contributed by atoms with Gasteiger partial charge in [-0.2, -0.15) is 0 Å². The number of carbonyl (C=O) groups is 1. The van der Waals surface area contributed by atoms with Crippen LogP contribution < -0.4 is 0 Å². The molecule has 0 bridgehead atoms. The molecule has 3 rings (SSSR count). The number of fused-ring (bicyclic) bond motifs is 1. The van der Waals surface area contributed by atoms with Crippen molar-refractivity contribution in [2.24, 2.45) is 0 Å². The Bertz CT molecular complexity index is 589. The maximum atomic E-state index is 11.9. The van der Waals surface area contributed by atoms with E-state index in [2.05, 4.69) is 0 Å². The Morgan fingerprint density at radius 1 is 1.06 bits per heavy atom. The summed E-state index contributed by atoms with van der Waals surface area (Å²) in [7, 11) is 0. The molecule has 84 valence electrons. The Kier molecular flexibility index (Phi) is 2.49. The van der Waals surface area contributed by atoms with Gasteiger partial charge in [0.25, 0.3) is 0 Å². The average molecular weight is 243 g/mol. The van der Waals surface area contributed by atoms with Gasteiger partial charge < -0.3 is 0 Å². The maximum absolute atomic E-state index is 11.9. The van der Waals surface area contributed by atoms with Crippen LogP contribution in [0.1, 0.15) is 33.8 Å². The van der Waals surface area contributed by atoms with Gasteiger partial charge in [-0.15, -0.1) is 0 Å². The van der Waals surface area contributed by atoms with Crippen LogP contribution in [-0.4, -0.2) is 5.78 Å². The van der Waals surface area contributed by atoms with E-state index in [9.17, 15) is 4.79 Å². The molecular weight excluding hydrogens is 232 g/mol. The van der Waals surface area contributed by atoms with Gasteiger partial charge in [-0.3, -0.25) is 4.79 Å². The average Bonchev–Trinajstić information content (AvgIpc) is 2.68. The predicted molar refractivity (Wildman–Crippen MR) is 68.7 cm³/mol. The van der Waals surface area contributed by atoms with Gasteiger partial charge in [0.15, 0.2) is 5.78 Å². The highest BCUT2D eigenvalue weighted by Gasteiger charge is 2.29. The molecule has 1 unspecified atom stereocenters. The summed E-state index contributed by atoms with van der Waals surface area (Å²) in [6.07, 6.45) is 0.555. The van der Waals surface area contributed by atoms with E-state index in [4.69, 9.17) is 11.6 Å². The fourth-order valence-electron chi connectivity index (χ4n) is 2.48. The molecular formula is C15H11ClO. The highest BCUT2D eigenvalue weighted by Crippen LogP contribution is 2.38. The summed E-state index contributed by atoms with van der Waals surface area (Å²) < 4.78 is 0. The third-order valence-corrected chi connectivity index (χ3v) is 3.51. The first-order valence-corrected chi connectivity index (χ1v) is 6.01. The number of hydrogen-bond acceptors (Lipinski definition) is 1. The summed E-state index contributed by atoms with van der Waals surface area (Å²) in [5.41, 5.74) is 3.10. The second-order valence-electron chi connectivity index (χ2n) is 4.32. The molecule has 0 saturated heterocycles.